The van der Waals surface area contributed by atoms with Gasteiger partial charge < -0.3 is 9.84 Å². The van der Waals surface area contributed by atoms with E-state index in [1.165, 1.54) is 0 Å². The summed E-state index contributed by atoms with van der Waals surface area (Å²) < 4.78 is 41.2. The molecule has 0 bridgehead atoms. The summed E-state index contributed by atoms with van der Waals surface area (Å²) in [6.07, 6.45) is -6.48. The molecule has 7 heteroatoms. The van der Waals surface area contributed by atoms with E-state index in [2.05, 4.69) is 4.74 Å². The first-order valence-electron chi connectivity index (χ1n) is 4.48. The Morgan fingerprint density at radius 3 is 2.47 bits per heavy atom. The second-order valence-electron chi connectivity index (χ2n) is 3.25. The standard InChI is InChI=1S/C10H8ClF3O3/c1-5(10(12,13)14)17-6-2-3-7(9(15)16)8(11)4-6/h2-5H,1H3,(H,15,16). The van der Waals surface area contributed by atoms with E-state index in [0.717, 1.165) is 25.1 Å². The number of alkyl halides is 3. The minimum Gasteiger partial charge on any atom is -0.481 e. The van der Waals surface area contributed by atoms with Crippen molar-refractivity contribution in [3.63, 3.8) is 0 Å². The van der Waals surface area contributed by atoms with E-state index in [-0.39, 0.29) is 16.3 Å². The van der Waals surface area contributed by atoms with E-state index in [1.807, 2.05) is 0 Å². The van der Waals surface area contributed by atoms with Crippen LogP contribution in [0.5, 0.6) is 5.75 Å². The third kappa shape index (κ3) is 3.52. The molecule has 0 amide bonds. The van der Waals surface area contributed by atoms with Gasteiger partial charge in [0.25, 0.3) is 0 Å². The summed E-state index contributed by atoms with van der Waals surface area (Å²) in [6, 6.07) is 3.24. The Morgan fingerprint density at radius 1 is 1.47 bits per heavy atom. The van der Waals surface area contributed by atoms with E-state index in [1.54, 1.807) is 0 Å². The van der Waals surface area contributed by atoms with Crippen molar-refractivity contribution in [2.45, 2.75) is 19.2 Å². The fraction of sp³-hybridized carbons (Fsp3) is 0.300. The molecule has 3 nitrogen and oxygen atoms in total. The van der Waals surface area contributed by atoms with Gasteiger partial charge in [-0.3, -0.25) is 0 Å². The zero-order valence-corrected chi connectivity index (χ0v) is 9.34. The Kier molecular flexibility index (Phi) is 3.87. The van der Waals surface area contributed by atoms with Crippen LogP contribution in [0.4, 0.5) is 13.2 Å². The molecule has 1 N–H and O–H groups in total. The molecule has 0 saturated heterocycles. The fourth-order valence-electron chi connectivity index (χ4n) is 1.01. The lowest BCUT2D eigenvalue weighted by Gasteiger charge is -2.17. The number of carboxylic acids is 1. The summed E-state index contributed by atoms with van der Waals surface area (Å²) in [4.78, 5) is 10.6. The van der Waals surface area contributed by atoms with Gasteiger partial charge in [0.15, 0.2) is 6.10 Å². The van der Waals surface area contributed by atoms with Crippen LogP contribution >= 0.6 is 11.6 Å². The maximum Gasteiger partial charge on any atom is 0.425 e. The Balaban J connectivity index is 2.88. The minimum absolute atomic E-state index is 0.134. The van der Waals surface area contributed by atoms with Crippen molar-refractivity contribution in [2.24, 2.45) is 0 Å². The zero-order chi connectivity index (χ0) is 13.2. The van der Waals surface area contributed by atoms with Crippen LogP contribution in [0.25, 0.3) is 0 Å². The van der Waals surface area contributed by atoms with Crippen LogP contribution in [0.2, 0.25) is 5.02 Å². The summed E-state index contributed by atoms with van der Waals surface area (Å²) in [5.41, 5.74) is -0.196. The maximum absolute atomic E-state index is 12.2. The van der Waals surface area contributed by atoms with Gasteiger partial charge in [-0.05, 0) is 25.1 Å². The highest BCUT2D eigenvalue weighted by Crippen LogP contribution is 2.27. The topological polar surface area (TPSA) is 46.5 Å². The molecule has 0 aliphatic carbocycles. The number of carbonyl (C=O) groups is 1. The normalized spacial score (nSPS) is 13.2. The Hall–Kier alpha value is -1.43. The second-order valence-corrected chi connectivity index (χ2v) is 3.66. The number of halogens is 4. The molecule has 1 rings (SSSR count). The molecular weight excluding hydrogens is 261 g/mol. The van der Waals surface area contributed by atoms with Crippen LogP contribution in [0.3, 0.4) is 0 Å². The van der Waals surface area contributed by atoms with Crippen LogP contribution < -0.4 is 4.74 Å². The lowest BCUT2D eigenvalue weighted by Crippen LogP contribution is -2.31. The van der Waals surface area contributed by atoms with Crippen LogP contribution in [0, 0.1) is 0 Å². The van der Waals surface area contributed by atoms with E-state index in [9.17, 15) is 18.0 Å². The van der Waals surface area contributed by atoms with Crippen molar-refractivity contribution < 1.29 is 27.8 Å². The molecular formula is C10H8ClF3O3. The molecule has 0 aliphatic rings. The lowest BCUT2D eigenvalue weighted by molar-refractivity contribution is -0.189. The Labute approximate surface area is 99.8 Å². The molecule has 0 fully saturated rings. The number of hydrogen-bond acceptors (Lipinski definition) is 2. The van der Waals surface area contributed by atoms with E-state index < -0.39 is 18.2 Å². The van der Waals surface area contributed by atoms with Gasteiger partial charge in [-0.1, -0.05) is 11.6 Å². The average Bonchev–Trinajstić information content (AvgIpc) is 2.15. The molecule has 0 spiro atoms. The summed E-state index contributed by atoms with van der Waals surface area (Å²) >= 11 is 5.58. The molecule has 0 aliphatic heterocycles. The highest BCUT2D eigenvalue weighted by atomic mass is 35.5. The SMILES string of the molecule is CC(Oc1ccc(C(=O)O)c(Cl)c1)C(F)(F)F. The highest BCUT2D eigenvalue weighted by Gasteiger charge is 2.38. The third-order valence-corrected chi connectivity index (χ3v) is 2.26. The van der Waals surface area contributed by atoms with Gasteiger partial charge >= 0.3 is 12.1 Å². The number of ether oxygens (including phenoxy) is 1. The Bertz CT molecular complexity index is 431. The van der Waals surface area contributed by atoms with Crippen molar-refractivity contribution in [1.82, 2.24) is 0 Å². The van der Waals surface area contributed by atoms with Crippen LogP contribution in [-0.2, 0) is 0 Å². The summed E-state index contributed by atoms with van der Waals surface area (Å²) in [6.45, 7) is 0.846. The molecule has 17 heavy (non-hydrogen) atoms. The lowest BCUT2D eigenvalue weighted by atomic mass is 10.2. The van der Waals surface area contributed by atoms with Gasteiger partial charge in [0, 0.05) is 0 Å². The molecule has 1 aromatic rings. The van der Waals surface area contributed by atoms with Crippen molar-refractivity contribution >= 4 is 17.6 Å². The largest absolute Gasteiger partial charge is 0.481 e. The van der Waals surface area contributed by atoms with Crippen molar-refractivity contribution in [3.8, 4) is 5.75 Å². The van der Waals surface area contributed by atoms with Crippen LogP contribution in [0.15, 0.2) is 18.2 Å². The number of hydrogen-bond donors (Lipinski definition) is 1. The molecule has 0 heterocycles. The predicted octanol–water partition coefficient (Wildman–Crippen LogP) is 3.37. The highest BCUT2D eigenvalue weighted by molar-refractivity contribution is 6.33. The van der Waals surface area contributed by atoms with Gasteiger partial charge in [-0.15, -0.1) is 0 Å². The molecule has 0 aromatic heterocycles. The number of aromatic carboxylic acids is 1. The zero-order valence-electron chi connectivity index (χ0n) is 8.58. The van der Waals surface area contributed by atoms with Crippen molar-refractivity contribution in [1.29, 1.82) is 0 Å². The minimum atomic E-state index is -4.49. The van der Waals surface area contributed by atoms with E-state index in [0.29, 0.717) is 0 Å². The summed E-state index contributed by atoms with van der Waals surface area (Å²) in [7, 11) is 0. The fourth-order valence-corrected chi connectivity index (χ4v) is 1.26. The molecule has 1 atom stereocenters. The molecule has 0 radical (unpaired) electrons. The Morgan fingerprint density at radius 2 is 2.06 bits per heavy atom. The van der Waals surface area contributed by atoms with Crippen molar-refractivity contribution in [3.05, 3.63) is 28.8 Å². The first-order chi connectivity index (χ1) is 7.71. The monoisotopic (exact) mass is 268 g/mol. The second kappa shape index (κ2) is 4.83. The van der Waals surface area contributed by atoms with E-state index >= 15 is 0 Å². The van der Waals surface area contributed by atoms with Crippen molar-refractivity contribution in [2.75, 3.05) is 0 Å². The smallest absolute Gasteiger partial charge is 0.425 e. The quantitative estimate of drug-likeness (QED) is 0.914. The van der Waals surface area contributed by atoms with Crippen LogP contribution in [-0.4, -0.2) is 23.4 Å². The van der Waals surface area contributed by atoms with Gasteiger partial charge in [0.2, 0.25) is 0 Å². The first-order valence-corrected chi connectivity index (χ1v) is 4.86. The van der Waals surface area contributed by atoms with Gasteiger partial charge in [0.05, 0.1) is 10.6 Å². The first kappa shape index (κ1) is 13.6. The predicted molar refractivity (Wildman–Crippen MR) is 54.6 cm³/mol. The summed E-state index contributed by atoms with van der Waals surface area (Å²) in [5.74, 6) is -1.39. The number of benzene rings is 1. The van der Waals surface area contributed by atoms with E-state index in [4.69, 9.17) is 16.7 Å². The molecule has 1 aromatic carbocycles. The molecule has 0 saturated carbocycles. The maximum atomic E-state index is 12.2. The van der Waals surface area contributed by atoms with Gasteiger partial charge in [-0.25, -0.2) is 4.79 Å². The van der Waals surface area contributed by atoms with Gasteiger partial charge in [-0.2, -0.15) is 13.2 Å². The average molecular weight is 269 g/mol. The number of rotatable bonds is 3. The molecule has 1 unspecified atom stereocenters. The third-order valence-electron chi connectivity index (χ3n) is 1.94. The van der Waals surface area contributed by atoms with Gasteiger partial charge in [0.1, 0.15) is 5.75 Å². The van der Waals surface area contributed by atoms with Crippen LogP contribution in [0.1, 0.15) is 17.3 Å². The summed E-state index contributed by atoms with van der Waals surface area (Å²) in [5, 5.41) is 8.49. The molecule has 94 valence electrons. The number of carboxylic acid groups (broad SMARTS) is 1.